The van der Waals surface area contributed by atoms with Gasteiger partial charge in [-0.1, -0.05) is 39.0 Å². The van der Waals surface area contributed by atoms with Crippen LogP contribution in [-0.2, 0) is 54.1 Å². The van der Waals surface area contributed by atoms with Crippen molar-refractivity contribution in [1.29, 1.82) is 0 Å². The molecule has 0 aliphatic carbocycles. The van der Waals surface area contributed by atoms with Crippen molar-refractivity contribution in [2.24, 2.45) is 11.8 Å². The van der Waals surface area contributed by atoms with Crippen LogP contribution in [-0.4, -0.2) is 110 Å². The Morgan fingerprint density at radius 2 is 1.82 bits per heavy atom. The molecule has 4 N–H and O–H groups in total. The summed E-state index contributed by atoms with van der Waals surface area (Å²) in [7, 11) is -4.59. The maximum absolute atomic E-state index is 13.8. The van der Waals surface area contributed by atoms with Gasteiger partial charge in [-0.05, 0) is 23.9 Å². The molecule has 26 heteroatoms. The fourth-order valence-electron chi connectivity index (χ4n) is 6.91. The van der Waals surface area contributed by atoms with Crippen LogP contribution in [0.1, 0.15) is 50.0 Å². The Bertz CT molecular complexity index is 2730. The van der Waals surface area contributed by atoms with Crippen molar-refractivity contribution in [2.75, 3.05) is 36.9 Å². The maximum atomic E-state index is 13.8. The summed E-state index contributed by atoms with van der Waals surface area (Å²) in [4.78, 5) is 65.9. The third-order valence-corrected chi connectivity index (χ3v) is 13.5. The number of aromatic nitrogens is 8. The number of hydrogen-bond donors (Lipinski definition) is 4. The van der Waals surface area contributed by atoms with Gasteiger partial charge in [0.25, 0.3) is 11.5 Å². The highest BCUT2D eigenvalue weighted by Crippen LogP contribution is 2.54. The Labute approximate surface area is 352 Å². The summed E-state index contributed by atoms with van der Waals surface area (Å²) in [5.74, 6) is -1.93. The Morgan fingerprint density at radius 3 is 2.59 bits per heavy atom. The molecule has 4 aromatic heterocycles. The first kappa shape index (κ1) is 42.6. The molecule has 8 atom stereocenters. The molecule has 3 fully saturated rings. The fourth-order valence-corrected chi connectivity index (χ4v) is 10.0. The van der Waals surface area contributed by atoms with Gasteiger partial charge in [-0.25, -0.2) is 30.7 Å². The van der Waals surface area contributed by atoms with E-state index in [-0.39, 0.29) is 61.2 Å². The van der Waals surface area contributed by atoms with E-state index in [9.17, 15) is 22.8 Å². The fraction of sp³-hybridized carbons (Fsp3) is 0.457. The lowest BCUT2D eigenvalue weighted by Gasteiger charge is -2.28. The van der Waals surface area contributed by atoms with Crippen LogP contribution >= 0.6 is 6.72 Å². The van der Waals surface area contributed by atoms with Crippen molar-refractivity contribution in [3.05, 3.63) is 76.6 Å². The summed E-state index contributed by atoms with van der Waals surface area (Å²) >= 11 is 5.90. The summed E-state index contributed by atoms with van der Waals surface area (Å²) in [6.45, 7) is 7.76. The number of benzene rings is 1. The average molecular weight is 899 g/mol. The molecule has 1 unspecified atom stereocenters. The van der Waals surface area contributed by atoms with Gasteiger partial charge in [-0.2, -0.15) is 18.1 Å². The first-order valence-electron chi connectivity index (χ1n) is 18.9. The minimum absolute atomic E-state index is 0.0196. The van der Waals surface area contributed by atoms with Crippen LogP contribution in [0.4, 0.5) is 11.8 Å². The zero-order chi connectivity index (χ0) is 43.1. The highest BCUT2D eigenvalue weighted by atomic mass is 32.5. The number of aromatic amines is 1. The van der Waals surface area contributed by atoms with Crippen LogP contribution in [0.15, 0.2) is 54.1 Å². The number of anilines is 2. The molecule has 1 aromatic carbocycles. The van der Waals surface area contributed by atoms with Gasteiger partial charge in [0, 0.05) is 30.4 Å². The molecule has 3 saturated heterocycles. The molecule has 7 heterocycles. The highest BCUT2D eigenvalue weighted by molar-refractivity contribution is 8.07. The maximum Gasteiger partial charge on any atom is 0.336 e. The summed E-state index contributed by atoms with van der Waals surface area (Å²) in [5, 5.41) is 5.32. The van der Waals surface area contributed by atoms with Crippen LogP contribution in [0.5, 0.6) is 0 Å². The van der Waals surface area contributed by atoms with E-state index in [1.165, 1.54) is 23.5 Å². The van der Waals surface area contributed by atoms with Crippen LogP contribution in [0.2, 0.25) is 0 Å². The van der Waals surface area contributed by atoms with Crippen molar-refractivity contribution in [3.8, 4) is 0 Å². The van der Waals surface area contributed by atoms with Gasteiger partial charge in [0.15, 0.2) is 34.4 Å². The number of nitrogens with one attached hydrogen (secondary N) is 4. The largest absolute Gasteiger partial charge is 0.351 e. The number of carbonyl (C=O) groups excluding carboxylic acids is 2. The van der Waals surface area contributed by atoms with Crippen molar-refractivity contribution in [3.63, 3.8) is 0 Å². The van der Waals surface area contributed by atoms with Gasteiger partial charge in [-0.3, -0.25) is 33.8 Å². The van der Waals surface area contributed by atoms with Gasteiger partial charge in [0.1, 0.15) is 31.4 Å². The van der Waals surface area contributed by atoms with Crippen LogP contribution in [0.3, 0.4) is 0 Å². The topological polar surface area (TPSA) is 271 Å². The molecule has 23 nitrogen and oxygen atoms in total. The smallest absolute Gasteiger partial charge is 0.336 e. The van der Waals surface area contributed by atoms with Crippen LogP contribution in [0.25, 0.3) is 27.2 Å². The standard InChI is InChI=1S/C35H39N12O11PS2/c1-18(2)31(48)44-35-43-30-26(33(50)45-35)40-17-47(30)34-27-19(3)23(56-34)14-54-59(60,53-11-10-36-4)57-21-12-24(55-22(21)13-41-61(51,52)58-27)46-16-39-25-28(37-15-38-29(25)46)42-32(49)20-8-6-5-7-9-20/h5-9,15-19,21-24,27,34,41H,10-14H2,1-3H3,(H,37,38,42,49)(H2,43,44,45,48,50)/t19-,21+,22-,23-,24-,27-,34-,59?/m1/s1. The number of hydrogen-bond acceptors (Lipinski definition) is 17. The van der Waals surface area contributed by atoms with Crippen molar-refractivity contribution in [1.82, 2.24) is 43.8 Å². The zero-order valence-corrected chi connectivity index (χ0v) is 35.1. The zero-order valence-electron chi connectivity index (χ0n) is 32.6. The predicted molar refractivity (Wildman–Crippen MR) is 217 cm³/mol. The third-order valence-electron chi connectivity index (χ3n) is 10.1. The SMILES string of the molecule is [C-]#[N+]CCOP1(=S)OC[C@H]2O[C@@H](n3cnc4c(=O)[nH]c(NC(=O)C(C)C)nc43)[C@H](OS(=O)(=O)NC[C@H]3O[C@@H](n4cnc5c(NC(=O)c6ccccc6)ncnc54)C[C@@H]3O1)[C@@H]2C. The molecule has 0 saturated carbocycles. The second kappa shape index (κ2) is 17.3. The van der Waals surface area contributed by atoms with Gasteiger partial charge >= 0.3 is 17.0 Å². The van der Waals surface area contributed by atoms with Crippen LogP contribution in [0, 0.1) is 18.4 Å². The van der Waals surface area contributed by atoms with Crippen LogP contribution < -0.4 is 20.9 Å². The van der Waals surface area contributed by atoms with E-state index in [0.29, 0.717) is 11.2 Å². The number of amides is 2. The molecule has 8 rings (SSSR count). The van der Waals surface area contributed by atoms with E-state index >= 15 is 0 Å². The number of nitrogens with zero attached hydrogens (tertiary/aromatic N) is 8. The molecule has 322 valence electrons. The lowest BCUT2D eigenvalue weighted by atomic mass is 10.0. The minimum atomic E-state index is -4.59. The summed E-state index contributed by atoms with van der Waals surface area (Å²) in [5.41, 5.74) is 0.200. The lowest BCUT2D eigenvalue weighted by molar-refractivity contribution is -0.118. The second-order valence-electron chi connectivity index (χ2n) is 14.5. The predicted octanol–water partition coefficient (Wildman–Crippen LogP) is 2.42. The Balaban J connectivity index is 1.08. The molecule has 5 aromatic rings. The van der Waals surface area contributed by atoms with Gasteiger partial charge in [0.2, 0.25) is 18.4 Å². The molecule has 2 amide bonds. The normalized spacial score (nSPS) is 27.8. The summed E-state index contributed by atoms with van der Waals surface area (Å²) < 4.78 is 70.2. The number of rotatable bonds is 9. The van der Waals surface area contributed by atoms with E-state index in [1.54, 1.807) is 55.7 Å². The molecular weight excluding hydrogens is 860 g/mol. The minimum Gasteiger partial charge on any atom is -0.351 e. The number of carbonyl (C=O) groups is 2. The van der Waals surface area contributed by atoms with Gasteiger partial charge in [0.05, 0.1) is 31.5 Å². The molecule has 0 radical (unpaired) electrons. The molecule has 3 aliphatic heterocycles. The first-order chi connectivity index (χ1) is 29.2. The molecular formula is C35H39N12O11PS2. The molecule has 3 aliphatic rings. The lowest BCUT2D eigenvalue weighted by Crippen LogP contribution is -2.41. The summed E-state index contributed by atoms with van der Waals surface area (Å²) in [6.07, 6.45) is -2.11. The molecule has 61 heavy (non-hydrogen) atoms. The average Bonchev–Trinajstić information content (AvgIpc) is 4.02. The number of imidazole rings is 2. The highest BCUT2D eigenvalue weighted by Gasteiger charge is 2.49. The Morgan fingerprint density at radius 1 is 1.05 bits per heavy atom. The number of H-pyrrole nitrogens is 1. The van der Waals surface area contributed by atoms with E-state index in [1.807, 2.05) is 0 Å². The Kier molecular flexibility index (Phi) is 12.1. The van der Waals surface area contributed by atoms with E-state index in [4.69, 9.17) is 45.6 Å². The van der Waals surface area contributed by atoms with Gasteiger partial charge < -0.3 is 33.2 Å². The molecule has 0 spiro atoms. The summed E-state index contributed by atoms with van der Waals surface area (Å²) in [6, 6.07) is 8.57. The van der Waals surface area contributed by atoms with E-state index in [0.717, 1.165) is 0 Å². The van der Waals surface area contributed by atoms with Crippen molar-refractivity contribution < 1.29 is 45.2 Å². The monoisotopic (exact) mass is 898 g/mol. The first-order valence-corrected chi connectivity index (χ1v) is 22.9. The van der Waals surface area contributed by atoms with Crippen molar-refractivity contribution in [2.45, 2.75) is 64.1 Å². The van der Waals surface area contributed by atoms with E-state index in [2.05, 4.69) is 50.1 Å². The quantitative estimate of drug-likeness (QED) is 0.0940. The second-order valence-corrected chi connectivity index (χ2v) is 18.9. The molecule has 2 bridgehead atoms. The van der Waals surface area contributed by atoms with E-state index < -0.39 is 83.1 Å². The van der Waals surface area contributed by atoms with Crippen molar-refractivity contribution >= 4 is 74.7 Å². The Hall–Kier alpha value is -5.13. The van der Waals surface area contributed by atoms with Gasteiger partial charge in [-0.15, -0.1) is 0 Å². The third kappa shape index (κ3) is 8.96. The number of fused-ring (bicyclic) bond motifs is 5. The number of ether oxygens (including phenoxy) is 2.